The molecule has 0 aliphatic rings. The second-order valence-electron chi connectivity index (χ2n) is 4.54. The van der Waals surface area contributed by atoms with Gasteiger partial charge in [-0.05, 0) is 6.07 Å². The third kappa shape index (κ3) is 2.58. The highest BCUT2D eigenvalue weighted by Gasteiger charge is 2.12. The number of hydrogen-bond donors (Lipinski definition) is 1. The zero-order valence-electron chi connectivity index (χ0n) is 10.9. The van der Waals surface area contributed by atoms with Gasteiger partial charge < -0.3 is 9.73 Å². The Morgan fingerprint density at radius 3 is 3.05 bits per heavy atom. The molecule has 3 rings (SSSR count). The van der Waals surface area contributed by atoms with Gasteiger partial charge >= 0.3 is 0 Å². The van der Waals surface area contributed by atoms with Gasteiger partial charge in [-0.15, -0.1) is 0 Å². The number of halogens is 1. The van der Waals surface area contributed by atoms with Gasteiger partial charge in [0.2, 0.25) is 0 Å². The number of anilines is 1. The summed E-state index contributed by atoms with van der Waals surface area (Å²) in [5, 5.41) is 3.67. The second-order valence-corrected chi connectivity index (χ2v) is 4.93. The number of pyridine rings is 1. The van der Waals surface area contributed by atoms with Crippen molar-refractivity contribution in [1.29, 1.82) is 0 Å². The van der Waals surface area contributed by atoms with Gasteiger partial charge in [0.05, 0.1) is 6.26 Å². The van der Waals surface area contributed by atoms with Crippen LogP contribution in [0.5, 0.6) is 0 Å². The Balaban J connectivity index is 1.76. The third-order valence-electron chi connectivity index (χ3n) is 3.13. The SMILES string of the molecule is C[C@H](CNc1cc(Cl)ncn1)c1ccnc2ccoc12. The van der Waals surface area contributed by atoms with E-state index in [4.69, 9.17) is 16.0 Å². The summed E-state index contributed by atoms with van der Waals surface area (Å²) in [7, 11) is 0. The molecule has 0 fully saturated rings. The minimum atomic E-state index is 0.250. The average molecular weight is 289 g/mol. The molecule has 20 heavy (non-hydrogen) atoms. The Labute approximate surface area is 121 Å². The Hall–Kier alpha value is -2.14. The summed E-state index contributed by atoms with van der Waals surface area (Å²) in [6.07, 6.45) is 4.89. The fourth-order valence-corrected chi connectivity index (χ4v) is 2.23. The molecule has 5 nitrogen and oxygen atoms in total. The topological polar surface area (TPSA) is 63.8 Å². The Morgan fingerprint density at radius 2 is 2.20 bits per heavy atom. The first kappa shape index (κ1) is 12.9. The molecular weight excluding hydrogens is 276 g/mol. The van der Waals surface area contributed by atoms with Crippen molar-refractivity contribution in [2.24, 2.45) is 0 Å². The lowest BCUT2D eigenvalue weighted by molar-refractivity contribution is 0.605. The fraction of sp³-hybridized carbons (Fsp3) is 0.214. The summed E-state index contributed by atoms with van der Waals surface area (Å²) in [5.41, 5.74) is 2.83. The summed E-state index contributed by atoms with van der Waals surface area (Å²) < 4.78 is 5.50. The number of aromatic nitrogens is 3. The summed E-state index contributed by atoms with van der Waals surface area (Å²) in [6, 6.07) is 5.54. The van der Waals surface area contributed by atoms with Crippen LogP contribution in [-0.2, 0) is 0 Å². The van der Waals surface area contributed by atoms with Gasteiger partial charge in [-0.1, -0.05) is 18.5 Å². The quantitative estimate of drug-likeness (QED) is 0.745. The van der Waals surface area contributed by atoms with Crippen LogP contribution in [0.3, 0.4) is 0 Å². The number of hydrogen-bond acceptors (Lipinski definition) is 5. The van der Waals surface area contributed by atoms with Crippen LogP contribution in [0.15, 0.2) is 41.4 Å². The molecule has 0 saturated heterocycles. The minimum absolute atomic E-state index is 0.250. The highest BCUT2D eigenvalue weighted by molar-refractivity contribution is 6.29. The standard InChI is InChI=1S/C14H13ClN4O/c1-9(7-17-13-6-12(15)18-8-19-13)10-2-4-16-11-3-5-20-14(10)11/h2-6,8-9H,7H2,1H3,(H,17,18,19)/t9-/m1/s1. The van der Waals surface area contributed by atoms with E-state index in [0.29, 0.717) is 17.5 Å². The lowest BCUT2D eigenvalue weighted by Gasteiger charge is -2.13. The molecule has 0 saturated carbocycles. The first-order chi connectivity index (χ1) is 9.74. The molecule has 1 atom stereocenters. The molecule has 0 aromatic carbocycles. The molecule has 0 amide bonds. The first-order valence-electron chi connectivity index (χ1n) is 6.27. The molecule has 3 heterocycles. The summed E-state index contributed by atoms with van der Waals surface area (Å²) in [5.74, 6) is 0.960. The van der Waals surface area contributed by atoms with E-state index in [9.17, 15) is 0 Å². The smallest absolute Gasteiger partial charge is 0.155 e. The highest BCUT2D eigenvalue weighted by atomic mass is 35.5. The van der Waals surface area contributed by atoms with Crippen LogP contribution in [0, 0.1) is 0 Å². The van der Waals surface area contributed by atoms with E-state index >= 15 is 0 Å². The molecule has 102 valence electrons. The van der Waals surface area contributed by atoms with Gasteiger partial charge in [-0.25, -0.2) is 9.97 Å². The van der Waals surface area contributed by atoms with E-state index in [1.165, 1.54) is 6.33 Å². The van der Waals surface area contributed by atoms with Crippen molar-refractivity contribution in [3.05, 3.63) is 47.7 Å². The Morgan fingerprint density at radius 1 is 1.30 bits per heavy atom. The second kappa shape index (κ2) is 5.46. The molecule has 0 spiro atoms. The number of nitrogens with zero attached hydrogens (tertiary/aromatic N) is 3. The van der Waals surface area contributed by atoms with Crippen molar-refractivity contribution < 1.29 is 4.42 Å². The van der Waals surface area contributed by atoms with Crippen molar-refractivity contribution in [2.75, 3.05) is 11.9 Å². The predicted molar refractivity (Wildman–Crippen MR) is 78.0 cm³/mol. The maximum atomic E-state index is 5.83. The third-order valence-corrected chi connectivity index (χ3v) is 3.34. The maximum Gasteiger partial charge on any atom is 0.155 e. The first-order valence-corrected chi connectivity index (χ1v) is 6.65. The van der Waals surface area contributed by atoms with Gasteiger partial charge in [0.1, 0.15) is 22.8 Å². The van der Waals surface area contributed by atoms with Crippen molar-refractivity contribution >= 4 is 28.5 Å². The van der Waals surface area contributed by atoms with Gasteiger partial charge in [0.15, 0.2) is 5.58 Å². The zero-order valence-corrected chi connectivity index (χ0v) is 11.6. The fourth-order valence-electron chi connectivity index (χ4n) is 2.08. The van der Waals surface area contributed by atoms with Crippen molar-refractivity contribution in [1.82, 2.24) is 15.0 Å². The Kier molecular flexibility index (Phi) is 3.52. The van der Waals surface area contributed by atoms with Crippen LogP contribution in [0.4, 0.5) is 5.82 Å². The van der Waals surface area contributed by atoms with Crippen LogP contribution in [0.2, 0.25) is 5.15 Å². The van der Waals surface area contributed by atoms with E-state index in [1.807, 2.05) is 12.1 Å². The minimum Gasteiger partial charge on any atom is -0.462 e. The van der Waals surface area contributed by atoms with E-state index < -0.39 is 0 Å². The normalized spacial score (nSPS) is 12.5. The molecule has 1 N–H and O–H groups in total. The van der Waals surface area contributed by atoms with E-state index in [-0.39, 0.29) is 5.92 Å². The van der Waals surface area contributed by atoms with E-state index in [2.05, 4.69) is 27.2 Å². The van der Waals surface area contributed by atoms with Gasteiger partial charge in [-0.3, -0.25) is 4.98 Å². The van der Waals surface area contributed by atoms with Crippen molar-refractivity contribution in [2.45, 2.75) is 12.8 Å². The molecule has 0 aliphatic heterocycles. The lowest BCUT2D eigenvalue weighted by atomic mass is 10.0. The van der Waals surface area contributed by atoms with E-state index in [1.54, 1.807) is 18.5 Å². The molecule has 3 aromatic rings. The van der Waals surface area contributed by atoms with Crippen molar-refractivity contribution in [3.63, 3.8) is 0 Å². The number of nitrogens with one attached hydrogen (secondary N) is 1. The van der Waals surface area contributed by atoms with Gasteiger partial charge in [0.25, 0.3) is 0 Å². The monoisotopic (exact) mass is 288 g/mol. The summed E-state index contributed by atoms with van der Waals surface area (Å²) in [4.78, 5) is 12.2. The molecular formula is C14H13ClN4O. The lowest BCUT2D eigenvalue weighted by Crippen LogP contribution is -2.11. The highest BCUT2D eigenvalue weighted by Crippen LogP contribution is 2.25. The number of rotatable bonds is 4. The maximum absolute atomic E-state index is 5.83. The number of furan rings is 1. The van der Waals surface area contributed by atoms with Crippen molar-refractivity contribution in [3.8, 4) is 0 Å². The van der Waals surface area contributed by atoms with Crippen LogP contribution < -0.4 is 5.32 Å². The summed E-state index contributed by atoms with van der Waals surface area (Å²) >= 11 is 5.83. The van der Waals surface area contributed by atoms with Crippen LogP contribution in [0.25, 0.3) is 11.1 Å². The average Bonchev–Trinajstić information content (AvgIpc) is 2.93. The van der Waals surface area contributed by atoms with Crippen LogP contribution >= 0.6 is 11.6 Å². The molecule has 6 heteroatoms. The largest absolute Gasteiger partial charge is 0.462 e. The van der Waals surface area contributed by atoms with Crippen LogP contribution in [-0.4, -0.2) is 21.5 Å². The van der Waals surface area contributed by atoms with Gasteiger partial charge in [-0.2, -0.15) is 0 Å². The summed E-state index contributed by atoms with van der Waals surface area (Å²) in [6.45, 7) is 2.83. The van der Waals surface area contributed by atoms with Crippen LogP contribution in [0.1, 0.15) is 18.4 Å². The zero-order chi connectivity index (χ0) is 13.9. The molecule has 0 radical (unpaired) electrons. The number of fused-ring (bicyclic) bond motifs is 1. The molecule has 0 unspecified atom stereocenters. The van der Waals surface area contributed by atoms with Gasteiger partial charge in [0, 0.05) is 36.4 Å². The molecule has 0 aliphatic carbocycles. The molecule has 3 aromatic heterocycles. The Bertz CT molecular complexity index is 728. The van der Waals surface area contributed by atoms with E-state index in [0.717, 1.165) is 16.7 Å². The molecule has 0 bridgehead atoms. The predicted octanol–water partition coefficient (Wildman–Crippen LogP) is 3.49.